The molecule has 0 saturated carbocycles. The van der Waals surface area contributed by atoms with Gasteiger partial charge in [0.1, 0.15) is 11.8 Å². The first-order chi connectivity index (χ1) is 9.13. The summed E-state index contributed by atoms with van der Waals surface area (Å²) in [5.41, 5.74) is 1.40. The second-order valence-electron chi connectivity index (χ2n) is 3.93. The van der Waals surface area contributed by atoms with Gasteiger partial charge in [-0.25, -0.2) is 4.98 Å². The molecular formula is C13H19N2O3P. The number of nitrogens with zero attached hydrogens (tertiary/aromatic N) is 2. The van der Waals surface area contributed by atoms with Crippen molar-refractivity contribution < 1.29 is 13.6 Å². The van der Waals surface area contributed by atoms with E-state index >= 15 is 0 Å². The standard InChI is InChI=1S/C13H19N2O3P/c1-3-17-19(16,18-4-2)9-5-6-12-7-8-15-13(10-12)11-14/h7-8,10H,3-6,9H2,1-2H3. The summed E-state index contributed by atoms with van der Waals surface area (Å²) in [4.78, 5) is 3.91. The SMILES string of the molecule is CCOP(=O)(CCCc1ccnc(C#N)c1)OCC. The number of rotatable bonds is 8. The number of hydrogen-bond donors (Lipinski definition) is 0. The lowest BCUT2D eigenvalue weighted by Crippen LogP contribution is -2.01. The maximum Gasteiger partial charge on any atom is 0.330 e. The second-order valence-corrected chi connectivity index (χ2v) is 6.12. The Balaban J connectivity index is 2.52. The number of pyridine rings is 1. The Morgan fingerprint density at radius 2 is 2.05 bits per heavy atom. The van der Waals surface area contributed by atoms with Crippen molar-refractivity contribution >= 4 is 7.60 Å². The molecule has 0 bridgehead atoms. The molecule has 0 aromatic carbocycles. The van der Waals surface area contributed by atoms with Gasteiger partial charge in [-0.2, -0.15) is 5.26 Å². The van der Waals surface area contributed by atoms with Crippen molar-refractivity contribution in [2.75, 3.05) is 19.4 Å². The van der Waals surface area contributed by atoms with Gasteiger partial charge in [0.25, 0.3) is 0 Å². The van der Waals surface area contributed by atoms with Crippen LogP contribution in [0.4, 0.5) is 0 Å². The highest BCUT2D eigenvalue weighted by Crippen LogP contribution is 2.48. The zero-order chi connectivity index (χ0) is 14.1. The van der Waals surface area contributed by atoms with Gasteiger partial charge in [-0.05, 0) is 44.4 Å². The van der Waals surface area contributed by atoms with E-state index < -0.39 is 7.60 Å². The lowest BCUT2D eigenvalue weighted by atomic mass is 10.1. The average Bonchev–Trinajstić information content (AvgIpc) is 2.39. The number of nitriles is 1. The molecule has 1 aromatic rings. The number of aryl methyl sites for hydroxylation is 1. The Bertz CT molecular complexity index is 475. The van der Waals surface area contributed by atoms with E-state index in [9.17, 15) is 4.57 Å². The molecule has 6 heteroatoms. The normalized spacial score (nSPS) is 11.2. The average molecular weight is 282 g/mol. The largest absolute Gasteiger partial charge is 0.330 e. The Hall–Kier alpha value is -1.21. The van der Waals surface area contributed by atoms with E-state index in [0.29, 0.717) is 31.5 Å². The molecule has 0 aliphatic rings. The van der Waals surface area contributed by atoms with Gasteiger partial charge in [0, 0.05) is 6.20 Å². The van der Waals surface area contributed by atoms with Gasteiger partial charge in [-0.1, -0.05) is 0 Å². The molecule has 1 heterocycles. The van der Waals surface area contributed by atoms with E-state index in [1.807, 2.05) is 12.1 Å². The summed E-state index contributed by atoms with van der Waals surface area (Å²) in [5.74, 6) is 0. The highest BCUT2D eigenvalue weighted by atomic mass is 31.2. The van der Waals surface area contributed by atoms with Crippen LogP contribution in [0.5, 0.6) is 0 Å². The van der Waals surface area contributed by atoms with Crippen LogP contribution in [0.2, 0.25) is 0 Å². The molecule has 0 amide bonds. The molecular weight excluding hydrogens is 263 g/mol. The molecule has 0 unspecified atom stereocenters. The van der Waals surface area contributed by atoms with Gasteiger partial charge < -0.3 is 9.05 Å². The molecule has 19 heavy (non-hydrogen) atoms. The van der Waals surface area contributed by atoms with Crippen LogP contribution in [0.15, 0.2) is 18.3 Å². The van der Waals surface area contributed by atoms with E-state index in [-0.39, 0.29) is 0 Å². The maximum absolute atomic E-state index is 12.2. The maximum atomic E-state index is 12.2. The molecule has 0 saturated heterocycles. The zero-order valence-corrected chi connectivity index (χ0v) is 12.2. The fraction of sp³-hybridized carbons (Fsp3) is 0.538. The van der Waals surface area contributed by atoms with Crippen LogP contribution in [-0.4, -0.2) is 24.4 Å². The topological polar surface area (TPSA) is 72.2 Å². The lowest BCUT2D eigenvalue weighted by Gasteiger charge is -2.16. The molecule has 0 radical (unpaired) electrons. The van der Waals surface area contributed by atoms with Crippen LogP contribution in [-0.2, 0) is 20.0 Å². The molecule has 5 nitrogen and oxygen atoms in total. The van der Waals surface area contributed by atoms with E-state index in [1.54, 1.807) is 26.1 Å². The molecule has 0 N–H and O–H groups in total. The van der Waals surface area contributed by atoms with Gasteiger partial charge in [0.2, 0.25) is 0 Å². The van der Waals surface area contributed by atoms with Crippen molar-refractivity contribution in [2.24, 2.45) is 0 Å². The molecule has 0 aliphatic carbocycles. The Kier molecular flexibility index (Phi) is 6.72. The van der Waals surface area contributed by atoms with Crippen molar-refractivity contribution in [3.05, 3.63) is 29.6 Å². The molecule has 1 rings (SSSR count). The fourth-order valence-electron chi connectivity index (χ4n) is 1.73. The summed E-state index contributed by atoms with van der Waals surface area (Å²) >= 11 is 0. The molecule has 0 aliphatic heterocycles. The van der Waals surface area contributed by atoms with Crippen LogP contribution in [0.3, 0.4) is 0 Å². The summed E-state index contributed by atoms with van der Waals surface area (Å²) < 4.78 is 22.7. The predicted octanol–water partition coefficient (Wildman–Crippen LogP) is 3.15. The lowest BCUT2D eigenvalue weighted by molar-refractivity contribution is 0.220. The van der Waals surface area contributed by atoms with E-state index in [2.05, 4.69) is 4.98 Å². The number of hydrogen-bond acceptors (Lipinski definition) is 5. The van der Waals surface area contributed by atoms with Crippen molar-refractivity contribution in [3.63, 3.8) is 0 Å². The zero-order valence-electron chi connectivity index (χ0n) is 11.3. The predicted molar refractivity (Wildman–Crippen MR) is 73.0 cm³/mol. The Labute approximate surface area is 114 Å². The summed E-state index contributed by atoms with van der Waals surface area (Å²) in [7, 11) is -2.96. The van der Waals surface area contributed by atoms with Crippen LogP contribution < -0.4 is 0 Å². The minimum Gasteiger partial charge on any atom is -0.309 e. The van der Waals surface area contributed by atoms with Crippen molar-refractivity contribution in [2.45, 2.75) is 26.7 Å². The minimum absolute atomic E-state index is 0.380. The molecule has 0 fully saturated rings. The molecule has 1 aromatic heterocycles. The van der Waals surface area contributed by atoms with Crippen molar-refractivity contribution in [3.8, 4) is 6.07 Å². The Morgan fingerprint density at radius 3 is 2.63 bits per heavy atom. The van der Waals surface area contributed by atoms with E-state index in [0.717, 1.165) is 12.0 Å². The Morgan fingerprint density at radius 1 is 1.37 bits per heavy atom. The molecule has 0 spiro atoms. The molecule has 0 atom stereocenters. The highest BCUT2D eigenvalue weighted by molar-refractivity contribution is 7.53. The summed E-state index contributed by atoms with van der Waals surface area (Å²) in [6.07, 6.45) is 3.41. The van der Waals surface area contributed by atoms with Crippen LogP contribution >= 0.6 is 7.60 Å². The first-order valence-corrected chi connectivity index (χ1v) is 8.09. The summed E-state index contributed by atoms with van der Waals surface area (Å²) in [6.45, 7) is 4.36. The molecule has 104 valence electrons. The van der Waals surface area contributed by atoms with Gasteiger partial charge in [0.05, 0.1) is 19.4 Å². The minimum atomic E-state index is -2.96. The third kappa shape index (κ3) is 5.52. The summed E-state index contributed by atoms with van der Waals surface area (Å²) in [5, 5.41) is 8.76. The quantitative estimate of drug-likeness (QED) is 0.685. The smallest absolute Gasteiger partial charge is 0.309 e. The van der Waals surface area contributed by atoms with E-state index in [1.165, 1.54) is 0 Å². The third-order valence-corrected chi connectivity index (χ3v) is 4.66. The van der Waals surface area contributed by atoms with Gasteiger partial charge in [-0.3, -0.25) is 4.57 Å². The first-order valence-electron chi connectivity index (χ1n) is 6.36. The van der Waals surface area contributed by atoms with Gasteiger partial charge in [-0.15, -0.1) is 0 Å². The monoisotopic (exact) mass is 282 g/mol. The van der Waals surface area contributed by atoms with Crippen molar-refractivity contribution in [1.29, 1.82) is 5.26 Å². The van der Waals surface area contributed by atoms with Crippen LogP contribution in [0.25, 0.3) is 0 Å². The highest BCUT2D eigenvalue weighted by Gasteiger charge is 2.22. The third-order valence-electron chi connectivity index (χ3n) is 2.49. The number of aromatic nitrogens is 1. The van der Waals surface area contributed by atoms with E-state index in [4.69, 9.17) is 14.3 Å². The fourth-order valence-corrected chi connectivity index (χ4v) is 3.39. The van der Waals surface area contributed by atoms with Crippen LogP contribution in [0, 0.1) is 11.3 Å². The summed E-state index contributed by atoms with van der Waals surface area (Å²) in [6, 6.07) is 5.60. The second kappa shape index (κ2) is 8.06. The first kappa shape index (κ1) is 15.8. The van der Waals surface area contributed by atoms with Crippen LogP contribution in [0.1, 0.15) is 31.5 Å². The van der Waals surface area contributed by atoms with Gasteiger partial charge >= 0.3 is 7.60 Å². The van der Waals surface area contributed by atoms with Gasteiger partial charge in [0.15, 0.2) is 0 Å². The van der Waals surface area contributed by atoms with Crippen molar-refractivity contribution in [1.82, 2.24) is 4.98 Å².